The Hall–Kier alpha value is -2.61. The topological polar surface area (TPSA) is 17.8 Å². The van der Waals surface area contributed by atoms with E-state index in [1.807, 2.05) is 29.1 Å². The first-order valence-corrected chi connectivity index (χ1v) is 6.34. The van der Waals surface area contributed by atoms with E-state index in [1.165, 1.54) is 16.2 Å². The molecule has 0 saturated carbocycles. The van der Waals surface area contributed by atoms with E-state index in [-0.39, 0.29) is 0 Å². The molecule has 0 saturated heterocycles. The van der Waals surface area contributed by atoms with Gasteiger partial charge in [0.15, 0.2) is 0 Å². The number of benzene rings is 3. The lowest BCUT2D eigenvalue weighted by Gasteiger charge is -2.04. The third kappa shape index (κ3) is 1.54. The normalized spacial score (nSPS) is 11.2. The molecule has 0 aliphatic carbocycles. The Labute approximate surface area is 110 Å². The predicted octanol–water partition coefficient (Wildman–Crippen LogP) is 4.18. The zero-order valence-electron chi connectivity index (χ0n) is 10.3. The molecule has 0 amide bonds. The molecule has 0 fully saturated rings. The Morgan fingerprint density at radius 1 is 0.684 bits per heavy atom. The molecular weight excluding hydrogens is 232 g/mol. The Morgan fingerprint density at radius 3 is 2.37 bits per heavy atom. The second-order valence-corrected chi connectivity index (χ2v) is 4.61. The number of rotatable bonds is 1. The number of nitrogens with zero attached hydrogens (tertiary/aromatic N) is 2. The number of hydrogen-bond acceptors (Lipinski definition) is 1. The highest BCUT2D eigenvalue weighted by Gasteiger charge is 2.07. The van der Waals surface area contributed by atoms with Gasteiger partial charge in [-0.3, -0.25) is 0 Å². The number of aromatic nitrogens is 2. The summed E-state index contributed by atoms with van der Waals surface area (Å²) in [4.78, 5) is 0. The molecule has 2 heteroatoms. The van der Waals surface area contributed by atoms with Crippen molar-refractivity contribution in [2.24, 2.45) is 0 Å². The lowest BCUT2D eigenvalue weighted by atomic mass is 10.1. The van der Waals surface area contributed by atoms with Crippen molar-refractivity contribution in [1.29, 1.82) is 0 Å². The third-order valence-corrected chi connectivity index (χ3v) is 3.48. The first kappa shape index (κ1) is 10.3. The lowest BCUT2D eigenvalue weighted by Crippen LogP contribution is -1.94. The smallest absolute Gasteiger partial charge is 0.0747 e. The number of hydrogen-bond donors (Lipinski definition) is 0. The van der Waals surface area contributed by atoms with E-state index in [1.54, 1.807) is 0 Å². The Balaban J connectivity index is 2.08. The Bertz CT molecular complexity index is 860. The van der Waals surface area contributed by atoms with Crippen molar-refractivity contribution < 1.29 is 0 Å². The highest BCUT2D eigenvalue weighted by atomic mass is 15.3. The maximum absolute atomic E-state index is 4.53. The van der Waals surface area contributed by atoms with E-state index in [0.717, 1.165) is 11.2 Å². The van der Waals surface area contributed by atoms with Crippen molar-refractivity contribution >= 4 is 21.7 Å². The summed E-state index contributed by atoms with van der Waals surface area (Å²) in [5, 5.41) is 8.23. The molecule has 0 aliphatic rings. The van der Waals surface area contributed by atoms with Crippen LogP contribution >= 0.6 is 0 Å². The fourth-order valence-electron chi connectivity index (χ4n) is 2.56. The molecule has 90 valence electrons. The minimum atomic E-state index is 1.09. The van der Waals surface area contributed by atoms with Gasteiger partial charge in [-0.2, -0.15) is 5.10 Å². The van der Waals surface area contributed by atoms with Crippen LogP contribution in [0.25, 0.3) is 27.4 Å². The quantitative estimate of drug-likeness (QED) is 0.491. The lowest BCUT2D eigenvalue weighted by molar-refractivity contribution is 0.911. The van der Waals surface area contributed by atoms with E-state index in [0.29, 0.717) is 0 Å². The highest BCUT2D eigenvalue weighted by Crippen LogP contribution is 2.26. The fourth-order valence-corrected chi connectivity index (χ4v) is 2.56. The summed E-state index contributed by atoms with van der Waals surface area (Å²) in [6.07, 6.45) is 1.95. The molecule has 3 aromatic carbocycles. The van der Waals surface area contributed by atoms with Crippen molar-refractivity contribution in [3.05, 3.63) is 72.9 Å². The standard InChI is InChI=1S/C17H12N2/c1-2-7-14(8-3-1)19-17-11-10-13-6-4-5-9-15(13)16(17)12-18-19/h1-12H. The van der Waals surface area contributed by atoms with Gasteiger partial charge in [0, 0.05) is 5.39 Å². The number of fused-ring (bicyclic) bond motifs is 3. The van der Waals surface area contributed by atoms with Crippen molar-refractivity contribution in [2.75, 3.05) is 0 Å². The van der Waals surface area contributed by atoms with Gasteiger partial charge >= 0.3 is 0 Å². The van der Waals surface area contributed by atoms with E-state index in [2.05, 4.69) is 53.6 Å². The molecule has 0 N–H and O–H groups in total. The van der Waals surface area contributed by atoms with Crippen LogP contribution in [0, 0.1) is 0 Å². The Morgan fingerprint density at radius 2 is 1.47 bits per heavy atom. The van der Waals surface area contributed by atoms with Gasteiger partial charge < -0.3 is 0 Å². The van der Waals surface area contributed by atoms with Gasteiger partial charge in [0.05, 0.1) is 17.4 Å². The molecule has 0 spiro atoms. The molecular formula is C17H12N2. The van der Waals surface area contributed by atoms with Gasteiger partial charge in [0.25, 0.3) is 0 Å². The SMILES string of the molecule is c1ccc(-n2ncc3c4ccccc4ccc32)cc1. The van der Waals surface area contributed by atoms with Crippen LogP contribution in [-0.2, 0) is 0 Å². The first-order chi connectivity index (χ1) is 9.43. The maximum atomic E-state index is 4.53. The zero-order chi connectivity index (χ0) is 12.7. The highest BCUT2D eigenvalue weighted by molar-refractivity contribution is 6.06. The summed E-state index contributed by atoms with van der Waals surface area (Å²) in [5.41, 5.74) is 2.23. The van der Waals surface area contributed by atoms with E-state index < -0.39 is 0 Å². The summed E-state index contributed by atoms with van der Waals surface area (Å²) in [6, 6.07) is 22.9. The average molecular weight is 244 g/mol. The molecule has 0 radical (unpaired) electrons. The Kier molecular flexibility index (Phi) is 2.15. The van der Waals surface area contributed by atoms with Crippen LogP contribution in [0.4, 0.5) is 0 Å². The second-order valence-electron chi connectivity index (χ2n) is 4.61. The van der Waals surface area contributed by atoms with E-state index in [4.69, 9.17) is 0 Å². The first-order valence-electron chi connectivity index (χ1n) is 6.34. The summed E-state index contributed by atoms with van der Waals surface area (Å²) in [6.45, 7) is 0. The number of para-hydroxylation sites is 1. The monoisotopic (exact) mass is 244 g/mol. The van der Waals surface area contributed by atoms with Gasteiger partial charge in [-0.15, -0.1) is 0 Å². The van der Waals surface area contributed by atoms with Crippen LogP contribution in [0.3, 0.4) is 0 Å². The molecule has 1 heterocycles. The average Bonchev–Trinajstić information content (AvgIpc) is 2.92. The minimum Gasteiger partial charge on any atom is -0.233 e. The predicted molar refractivity (Wildman–Crippen MR) is 78.6 cm³/mol. The van der Waals surface area contributed by atoms with Crippen molar-refractivity contribution in [1.82, 2.24) is 9.78 Å². The summed E-state index contributed by atoms with van der Waals surface area (Å²) >= 11 is 0. The van der Waals surface area contributed by atoms with Gasteiger partial charge in [-0.25, -0.2) is 4.68 Å². The molecule has 0 atom stereocenters. The van der Waals surface area contributed by atoms with Gasteiger partial charge in [-0.1, -0.05) is 48.5 Å². The van der Waals surface area contributed by atoms with E-state index in [9.17, 15) is 0 Å². The molecule has 4 aromatic rings. The second kappa shape index (κ2) is 3.95. The fraction of sp³-hybridized carbons (Fsp3) is 0. The van der Waals surface area contributed by atoms with Crippen molar-refractivity contribution in [3.8, 4) is 5.69 Å². The molecule has 4 rings (SSSR count). The summed E-state index contributed by atoms with van der Waals surface area (Å²) < 4.78 is 1.99. The maximum Gasteiger partial charge on any atom is 0.0747 e. The van der Waals surface area contributed by atoms with Crippen LogP contribution in [0.15, 0.2) is 72.9 Å². The molecule has 0 aliphatic heterocycles. The third-order valence-electron chi connectivity index (χ3n) is 3.48. The van der Waals surface area contributed by atoms with E-state index >= 15 is 0 Å². The minimum absolute atomic E-state index is 1.09. The molecule has 0 unspecified atom stereocenters. The largest absolute Gasteiger partial charge is 0.233 e. The van der Waals surface area contributed by atoms with Crippen LogP contribution in [-0.4, -0.2) is 9.78 Å². The van der Waals surface area contributed by atoms with Crippen LogP contribution in [0.2, 0.25) is 0 Å². The summed E-state index contributed by atoms with van der Waals surface area (Å²) in [7, 11) is 0. The van der Waals surface area contributed by atoms with Crippen LogP contribution in [0.1, 0.15) is 0 Å². The van der Waals surface area contributed by atoms with Crippen molar-refractivity contribution in [3.63, 3.8) is 0 Å². The van der Waals surface area contributed by atoms with Gasteiger partial charge in [0.2, 0.25) is 0 Å². The molecule has 1 aromatic heterocycles. The zero-order valence-corrected chi connectivity index (χ0v) is 10.3. The van der Waals surface area contributed by atoms with Crippen LogP contribution in [0.5, 0.6) is 0 Å². The van der Waals surface area contributed by atoms with Gasteiger partial charge in [-0.05, 0) is 29.0 Å². The molecule has 19 heavy (non-hydrogen) atoms. The molecule has 2 nitrogen and oxygen atoms in total. The van der Waals surface area contributed by atoms with Crippen LogP contribution < -0.4 is 0 Å². The molecule has 0 bridgehead atoms. The summed E-state index contributed by atoms with van der Waals surface area (Å²) in [5.74, 6) is 0. The van der Waals surface area contributed by atoms with Crippen molar-refractivity contribution in [2.45, 2.75) is 0 Å². The van der Waals surface area contributed by atoms with Gasteiger partial charge in [0.1, 0.15) is 0 Å².